The number of nitrogens with two attached hydrogens (primary N) is 1. The summed E-state index contributed by atoms with van der Waals surface area (Å²) in [5.41, 5.74) is 4.92. The number of primary amides is 1. The van der Waals surface area contributed by atoms with Gasteiger partial charge in [-0.2, -0.15) is 0 Å². The Morgan fingerprint density at radius 3 is 2.78 bits per heavy atom. The van der Waals surface area contributed by atoms with E-state index in [4.69, 9.17) is 5.73 Å². The first-order valence-electron chi connectivity index (χ1n) is 2.88. The Labute approximate surface area is 52.9 Å². The van der Waals surface area contributed by atoms with Crippen molar-refractivity contribution in [3.63, 3.8) is 0 Å². The second-order valence-electron chi connectivity index (χ2n) is 1.95. The van der Waals surface area contributed by atoms with E-state index in [-0.39, 0.29) is 0 Å². The molecule has 9 heavy (non-hydrogen) atoms. The molecule has 1 saturated heterocycles. The van der Waals surface area contributed by atoms with Crippen LogP contribution >= 0.6 is 0 Å². The summed E-state index contributed by atoms with van der Waals surface area (Å²) in [7, 11) is 0. The molecule has 4 nitrogen and oxygen atoms in total. The highest BCUT2D eigenvalue weighted by atomic mass is 17.2. The highest BCUT2D eigenvalue weighted by Crippen LogP contribution is 2.08. The summed E-state index contributed by atoms with van der Waals surface area (Å²) in [6, 6.07) is 0. The lowest BCUT2D eigenvalue weighted by Gasteiger charge is -2.17. The molecule has 0 saturated carbocycles. The highest BCUT2D eigenvalue weighted by Gasteiger charge is 2.19. The summed E-state index contributed by atoms with van der Waals surface area (Å²) in [4.78, 5) is 19.5. The van der Waals surface area contributed by atoms with Gasteiger partial charge in [-0.05, 0) is 12.8 Å². The molecular weight excluding hydrogens is 122 g/mol. The Kier molecular flexibility index (Phi) is 2.02. The normalized spacial score (nSPS) is 27.8. The van der Waals surface area contributed by atoms with Gasteiger partial charge >= 0.3 is 0 Å². The average molecular weight is 131 g/mol. The van der Waals surface area contributed by atoms with E-state index in [1.54, 1.807) is 0 Å². The van der Waals surface area contributed by atoms with Gasteiger partial charge in [0.2, 0.25) is 5.91 Å². The van der Waals surface area contributed by atoms with Crippen LogP contribution in [0.4, 0.5) is 0 Å². The van der Waals surface area contributed by atoms with E-state index in [0.29, 0.717) is 13.0 Å². The van der Waals surface area contributed by atoms with Crippen molar-refractivity contribution < 1.29 is 14.6 Å². The Bertz CT molecular complexity index is 109. The standard InChI is InChI=1S/C5H9NO3/c6-5(7)4-2-1-3-8-9-4/h4H,1-3H2,(H2,6,7). The predicted octanol–water partition coefficient (Wildman–Crippen LogP) is -0.418. The van der Waals surface area contributed by atoms with Crippen LogP contribution in [0.2, 0.25) is 0 Å². The van der Waals surface area contributed by atoms with Gasteiger partial charge in [0.1, 0.15) is 0 Å². The topological polar surface area (TPSA) is 61.6 Å². The van der Waals surface area contributed by atoms with Crippen LogP contribution in [0, 0.1) is 0 Å². The number of carbonyl (C=O) groups excluding carboxylic acids is 1. The predicted molar refractivity (Wildman–Crippen MR) is 29.3 cm³/mol. The second-order valence-corrected chi connectivity index (χ2v) is 1.95. The molecule has 0 radical (unpaired) electrons. The SMILES string of the molecule is NC(=O)C1CCCOO1. The van der Waals surface area contributed by atoms with Crippen molar-refractivity contribution >= 4 is 5.91 Å². The summed E-state index contributed by atoms with van der Waals surface area (Å²) in [6.45, 7) is 0.559. The van der Waals surface area contributed by atoms with Gasteiger partial charge in [-0.15, -0.1) is 0 Å². The number of hydrogen-bond donors (Lipinski definition) is 1. The molecule has 0 aromatic carbocycles. The number of amides is 1. The molecule has 1 unspecified atom stereocenters. The van der Waals surface area contributed by atoms with Crippen LogP contribution in [-0.4, -0.2) is 18.6 Å². The highest BCUT2D eigenvalue weighted by molar-refractivity contribution is 5.78. The molecule has 0 spiro atoms. The van der Waals surface area contributed by atoms with E-state index in [0.717, 1.165) is 6.42 Å². The lowest BCUT2D eigenvalue weighted by Crippen LogP contribution is -2.34. The Balaban J connectivity index is 2.31. The van der Waals surface area contributed by atoms with Crippen LogP contribution in [0.25, 0.3) is 0 Å². The Hall–Kier alpha value is -0.610. The van der Waals surface area contributed by atoms with Crippen LogP contribution < -0.4 is 5.73 Å². The molecule has 0 bridgehead atoms. The minimum atomic E-state index is -0.529. The number of hydrogen-bond acceptors (Lipinski definition) is 3. The number of rotatable bonds is 1. The van der Waals surface area contributed by atoms with Crippen molar-refractivity contribution in [2.45, 2.75) is 18.9 Å². The molecule has 0 aromatic heterocycles. The molecule has 52 valence electrons. The summed E-state index contributed by atoms with van der Waals surface area (Å²) >= 11 is 0. The van der Waals surface area contributed by atoms with Gasteiger partial charge in [0.05, 0.1) is 6.61 Å². The molecular formula is C5H9NO3. The van der Waals surface area contributed by atoms with Crippen LogP contribution in [0.1, 0.15) is 12.8 Å². The molecule has 0 aliphatic carbocycles. The van der Waals surface area contributed by atoms with Gasteiger partial charge in [0.25, 0.3) is 0 Å². The van der Waals surface area contributed by atoms with Gasteiger partial charge < -0.3 is 5.73 Å². The largest absolute Gasteiger partial charge is 0.367 e. The fraction of sp³-hybridized carbons (Fsp3) is 0.800. The van der Waals surface area contributed by atoms with Crippen molar-refractivity contribution in [3.8, 4) is 0 Å². The van der Waals surface area contributed by atoms with Crippen molar-refractivity contribution in [2.75, 3.05) is 6.61 Å². The fourth-order valence-electron chi connectivity index (χ4n) is 0.696. The zero-order valence-electron chi connectivity index (χ0n) is 5.00. The lowest BCUT2D eigenvalue weighted by molar-refractivity contribution is -0.335. The number of carbonyl (C=O) groups is 1. The van der Waals surface area contributed by atoms with Crippen molar-refractivity contribution in [3.05, 3.63) is 0 Å². The molecule has 2 N–H and O–H groups in total. The summed E-state index contributed by atoms with van der Waals surface area (Å²) in [5.74, 6) is -0.449. The van der Waals surface area contributed by atoms with E-state index >= 15 is 0 Å². The molecule has 1 fully saturated rings. The summed E-state index contributed by atoms with van der Waals surface area (Å²) in [6.07, 6.45) is 0.988. The first-order chi connectivity index (χ1) is 4.30. The van der Waals surface area contributed by atoms with E-state index in [9.17, 15) is 4.79 Å². The van der Waals surface area contributed by atoms with Crippen LogP contribution in [0.5, 0.6) is 0 Å². The van der Waals surface area contributed by atoms with Gasteiger partial charge in [0.15, 0.2) is 6.10 Å². The summed E-state index contributed by atoms with van der Waals surface area (Å²) in [5, 5.41) is 0. The maximum atomic E-state index is 10.4. The minimum Gasteiger partial charge on any atom is -0.367 e. The molecule has 1 aliphatic heterocycles. The van der Waals surface area contributed by atoms with Gasteiger partial charge in [-0.1, -0.05) is 0 Å². The Morgan fingerprint density at radius 2 is 2.44 bits per heavy atom. The molecule has 1 rings (SSSR count). The van der Waals surface area contributed by atoms with Crippen molar-refractivity contribution in [2.24, 2.45) is 5.73 Å². The average Bonchev–Trinajstić information content (AvgIpc) is 1.90. The second kappa shape index (κ2) is 2.80. The molecule has 0 aromatic rings. The fourth-order valence-corrected chi connectivity index (χ4v) is 0.696. The third-order valence-corrected chi connectivity index (χ3v) is 1.20. The van der Waals surface area contributed by atoms with E-state index in [1.165, 1.54) is 0 Å². The van der Waals surface area contributed by atoms with Crippen LogP contribution in [0.3, 0.4) is 0 Å². The third kappa shape index (κ3) is 1.65. The first kappa shape index (κ1) is 6.51. The van der Waals surface area contributed by atoms with E-state index < -0.39 is 12.0 Å². The van der Waals surface area contributed by atoms with Crippen molar-refractivity contribution in [1.29, 1.82) is 0 Å². The van der Waals surface area contributed by atoms with Gasteiger partial charge in [0, 0.05) is 0 Å². The lowest BCUT2D eigenvalue weighted by atomic mass is 10.2. The van der Waals surface area contributed by atoms with Gasteiger partial charge in [-0.25, -0.2) is 9.78 Å². The molecule has 1 aliphatic rings. The zero-order valence-corrected chi connectivity index (χ0v) is 5.00. The Morgan fingerprint density at radius 1 is 1.67 bits per heavy atom. The molecule has 1 atom stereocenters. The van der Waals surface area contributed by atoms with Crippen LogP contribution in [0.15, 0.2) is 0 Å². The molecule has 1 heterocycles. The first-order valence-corrected chi connectivity index (χ1v) is 2.88. The minimum absolute atomic E-state index is 0.449. The smallest absolute Gasteiger partial charge is 0.249 e. The van der Waals surface area contributed by atoms with Gasteiger partial charge in [-0.3, -0.25) is 4.79 Å². The van der Waals surface area contributed by atoms with E-state index in [2.05, 4.69) is 9.78 Å². The quantitative estimate of drug-likeness (QED) is 0.492. The maximum Gasteiger partial charge on any atom is 0.249 e. The van der Waals surface area contributed by atoms with Crippen LogP contribution in [-0.2, 0) is 14.6 Å². The maximum absolute atomic E-state index is 10.4. The molecule has 4 heteroatoms. The monoisotopic (exact) mass is 131 g/mol. The zero-order chi connectivity index (χ0) is 6.69. The molecule has 1 amide bonds. The third-order valence-electron chi connectivity index (χ3n) is 1.20. The summed E-state index contributed by atoms with van der Waals surface area (Å²) < 4.78 is 0. The van der Waals surface area contributed by atoms with E-state index in [1.807, 2.05) is 0 Å². The van der Waals surface area contributed by atoms with Crippen molar-refractivity contribution in [1.82, 2.24) is 0 Å².